The van der Waals surface area contributed by atoms with Crippen molar-refractivity contribution in [1.29, 1.82) is 0 Å². The Morgan fingerprint density at radius 2 is 1.69 bits per heavy atom. The molecular formula is C35H33N5O2. The third-order valence-electron chi connectivity index (χ3n) is 8.11. The molecule has 210 valence electrons. The topological polar surface area (TPSA) is 84.3 Å². The van der Waals surface area contributed by atoms with Crippen molar-refractivity contribution >= 4 is 22.6 Å². The van der Waals surface area contributed by atoms with Crippen LogP contribution in [0.15, 0.2) is 97.3 Å². The Labute approximate surface area is 244 Å². The normalized spacial score (nSPS) is 14.5. The van der Waals surface area contributed by atoms with E-state index in [1.807, 2.05) is 33.0 Å². The number of rotatable bonds is 5. The van der Waals surface area contributed by atoms with Gasteiger partial charge < -0.3 is 10.1 Å². The first-order valence-corrected chi connectivity index (χ1v) is 14.4. The average Bonchev–Trinajstić information content (AvgIpc) is 3.59. The maximum Gasteiger partial charge on any atom is 0.408 e. The number of imidazole rings is 1. The van der Waals surface area contributed by atoms with E-state index in [0.29, 0.717) is 0 Å². The fourth-order valence-corrected chi connectivity index (χ4v) is 5.93. The fraction of sp³-hybridized carbons (Fsp3) is 0.229. The van der Waals surface area contributed by atoms with Gasteiger partial charge in [-0.15, -0.1) is 0 Å². The van der Waals surface area contributed by atoms with Crippen LogP contribution in [0.2, 0.25) is 0 Å². The van der Waals surface area contributed by atoms with Crippen LogP contribution in [0, 0.1) is 0 Å². The van der Waals surface area contributed by atoms with Gasteiger partial charge in [0.05, 0.1) is 28.6 Å². The molecule has 1 fully saturated rings. The number of aromatic amines is 1. The lowest BCUT2D eigenvalue weighted by Gasteiger charge is -2.43. The molecule has 7 nitrogen and oxygen atoms in total. The molecule has 6 aromatic rings. The first kappa shape index (κ1) is 26.0. The van der Waals surface area contributed by atoms with Gasteiger partial charge in [0.25, 0.3) is 0 Å². The zero-order chi connectivity index (χ0) is 28.9. The van der Waals surface area contributed by atoms with Crippen LogP contribution in [-0.2, 0) is 10.3 Å². The number of aromatic nitrogens is 4. The predicted molar refractivity (Wildman–Crippen MR) is 166 cm³/mol. The summed E-state index contributed by atoms with van der Waals surface area (Å²) in [4.78, 5) is 17.9. The standard InChI is InChI=1S/C35H33N5O2/c1-34(2,3)42-33(41)38-35(18-8-19-35)27-16-14-23(15-17-27)30-31(24-9-5-4-6-10-24)40-20-7-11-28(32(40)37-30)25-12-13-26-22-36-39-29(26)21-25/h4-7,9-17,20-22H,8,18-19H2,1-3H3,(H,36,39)(H,38,41). The zero-order valence-electron chi connectivity index (χ0n) is 24.0. The number of alkyl carbamates (subject to hydrolysis) is 1. The Kier molecular flexibility index (Phi) is 6.12. The molecule has 42 heavy (non-hydrogen) atoms. The summed E-state index contributed by atoms with van der Waals surface area (Å²) in [6.45, 7) is 5.65. The number of hydrogen-bond acceptors (Lipinski definition) is 4. The molecule has 1 aliphatic carbocycles. The van der Waals surface area contributed by atoms with Gasteiger partial charge in [0.15, 0.2) is 0 Å². The Balaban J connectivity index is 1.32. The summed E-state index contributed by atoms with van der Waals surface area (Å²) in [5, 5.41) is 11.5. The van der Waals surface area contributed by atoms with Gasteiger partial charge in [0.1, 0.15) is 11.2 Å². The monoisotopic (exact) mass is 555 g/mol. The minimum atomic E-state index is -0.543. The molecule has 0 bridgehead atoms. The van der Waals surface area contributed by atoms with Crippen LogP contribution >= 0.6 is 0 Å². The second kappa shape index (κ2) is 9.87. The van der Waals surface area contributed by atoms with Gasteiger partial charge in [-0.25, -0.2) is 9.78 Å². The van der Waals surface area contributed by atoms with Crippen molar-refractivity contribution in [2.45, 2.75) is 51.2 Å². The highest BCUT2D eigenvalue weighted by Crippen LogP contribution is 2.43. The second-order valence-electron chi connectivity index (χ2n) is 12.1. The number of ether oxygens (including phenoxy) is 1. The Hall–Kier alpha value is -4.91. The maximum absolute atomic E-state index is 12.7. The van der Waals surface area contributed by atoms with E-state index in [1.54, 1.807) is 0 Å². The zero-order valence-corrected chi connectivity index (χ0v) is 24.0. The lowest BCUT2D eigenvalue weighted by molar-refractivity contribution is 0.0377. The predicted octanol–water partition coefficient (Wildman–Crippen LogP) is 8.12. The molecule has 1 amide bonds. The molecule has 0 spiro atoms. The summed E-state index contributed by atoms with van der Waals surface area (Å²) in [6, 6.07) is 29.4. The smallest absolute Gasteiger partial charge is 0.408 e. The molecule has 1 saturated carbocycles. The number of nitrogens with one attached hydrogen (secondary N) is 2. The number of carbonyl (C=O) groups is 1. The number of H-pyrrole nitrogens is 1. The van der Waals surface area contributed by atoms with Crippen LogP contribution in [-0.4, -0.2) is 31.3 Å². The van der Waals surface area contributed by atoms with Crippen LogP contribution in [0.5, 0.6) is 0 Å². The number of fused-ring (bicyclic) bond motifs is 2. The number of benzene rings is 3. The fourth-order valence-electron chi connectivity index (χ4n) is 5.93. The molecule has 7 heteroatoms. The highest BCUT2D eigenvalue weighted by molar-refractivity contribution is 5.91. The Morgan fingerprint density at radius 1 is 0.929 bits per heavy atom. The minimum Gasteiger partial charge on any atom is -0.444 e. The van der Waals surface area contributed by atoms with Crippen molar-refractivity contribution < 1.29 is 9.53 Å². The van der Waals surface area contributed by atoms with E-state index in [4.69, 9.17) is 9.72 Å². The Bertz CT molecular complexity index is 1910. The minimum absolute atomic E-state index is 0.376. The molecule has 2 N–H and O–H groups in total. The summed E-state index contributed by atoms with van der Waals surface area (Å²) in [7, 11) is 0. The van der Waals surface area contributed by atoms with E-state index in [0.717, 1.165) is 75.0 Å². The van der Waals surface area contributed by atoms with Gasteiger partial charge in [0.2, 0.25) is 0 Å². The number of pyridine rings is 1. The lowest BCUT2D eigenvalue weighted by atomic mass is 9.71. The molecule has 0 saturated heterocycles. The van der Waals surface area contributed by atoms with Crippen LogP contribution < -0.4 is 5.32 Å². The molecule has 3 aromatic heterocycles. The molecule has 3 heterocycles. The highest BCUT2D eigenvalue weighted by atomic mass is 16.6. The first-order valence-electron chi connectivity index (χ1n) is 14.4. The number of carbonyl (C=O) groups excluding carboxylic acids is 1. The molecule has 0 atom stereocenters. The average molecular weight is 556 g/mol. The number of hydrogen-bond donors (Lipinski definition) is 2. The highest BCUT2D eigenvalue weighted by Gasteiger charge is 2.41. The van der Waals surface area contributed by atoms with Gasteiger partial charge in [-0.1, -0.05) is 66.7 Å². The quantitative estimate of drug-likeness (QED) is 0.225. The van der Waals surface area contributed by atoms with E-state index >= 15 is 0 Å². The van der Waals surface area contributed by atoms with Gasteiger partial charge in [-0.3, -0.25) is 9.50 Å². The van der Waals surface area contributed by atoms with Crippen molar-refractivity contribution in [1.82, 2.24) is 24.9 Å². The van der Waals surface area contributed by atoms with E-state index in [9.17, 15) is 4.79 Å². The molecular weight excluding hydrogens is 522 g/mol. The second-order valence-corrected chi connectivity index (χ2v) is 12.1. The van der Waals surface area contributed by atoms with Crippen molar-refractivity contribution in [2.75, 3.05) is 0 Å². The molecule has 0 radical (unpaired) electrons. The van der Waals surface area contributed by atoms with E-state index in [-0.39, 0.29) is 6.09 Å². The molecule has 0 aliphatic heterocycles. The molecule has 3 aromatic carbocycles. The number of nitrogens with zero attached hydrogens (tertiary/aromatic N) is 3. The first-order chi connectivity index (χ1) is 20.3. The van der Waals surface area contributed by atoms with Gasteiger partial charge in [-0.2, -0.15) is 5.10 Å². The van der Waals surface area contributed by atoms with Gasteiger partial charge in [0, 0.05) is 28.3 Å². The van der Waals surface area contributed by atoms with Crippen molar-refractivity contribution in [3.05, 3.63) is 103 Å². The van der Waals surface area contributed by atoms with Gasteiger partial charge >= 0.3 is 6.09 Å². The lowest BCUT2D eigenvalue weighted by Crippen LogP contribution is -2.52. The SMILES string of the molecule is CC(C)(C)OC(=O)NC1(c2ccc(-c3nc4c(-c5ccc6cn[nH]c6c5)cccn4c3-c3ccccc3)cc2)CCC1. The van der Waals surface area contributed by atoms with Crippen LogP contribution in [0.4, 0.5) is 4.79 Å². The summed E-state index contributed by atoms with van der Waals surface area (Å²) in [6.07, 6.45) is 6.38. The maximum atomic E-state index is 12.7. The van der Waals surface area contributed by atoms with E-state index < -0.39 is 11.1 Å². The van der Waals surface area contributed by atoms with Crippen LogP contribution in [0.1, 0.15) is 45.6 Å². The largest absolute Gasteiger partial charge is 0.444 e. The summed E-state index contributed by atoms with van der Waals surface area (Å²) >= 11 is 0. The van der Waals surface area contributed by atoms with E-state index in [2.05, 4.69) is 105 Å². The molecule has 0 unspecified atom stereocenters. The third kappa shape index (κ3) is 4.61. The van der Waals surface area contributed by atoms with E-state index in [1.165, 1.54) is 0 Å². The molecule has 7 rings (SSSR count). The Morgan fingerprint density at radius 3 is 2.40 bits per heavy atom. The summed E-state index contributed by atoms with van der Waals surface area (Å²) in [5.74, 6) is 0. The number of amides is 1. The van der Waals surface area contributed by atoms with Crippen molar-refractivity contribution in [2.24, 2.45) is 0 Å². The molecule has 1 aliphatic rings. The van der Waals surface area contributed by atoms with Crippen molar-refractivity contribution in [3.8, 4) is 33.6 Å². The van der Waals surface area contributed by atoms with Crippen LogP contribution in [0.3, 0.4) is 0 Å². The van der Waals surface area contributed by atoms with Crippen molar-refractivity contribution in [3.63, 3.8) is 0 Å². The van der Waals surface area contributed by atoms with Crippen LogP contribution in [0.25, 0.3) is 50.2 Å². The summed E-state index contributed by atoms with van der Waals surface area (Å²) in [5.41, 5.74) is 8.18. The van der Waals surface area contributed by atoms with Gasteiger partial charge in [-0.05, 0) is 69.4 Å². The third-order valence-corrected chi connectivity index (χ3v) is 8.11. The summed E-state index contributed by atoms with van der Waals surface area (Å²) < 4.78 is 7.76.